The molecule has 0 saturated carbocycles. The Balaban J connectivity index is 1.17. The Morgan fingerprint density at radius 2 is 0.538 bits per heavy atom. The SMILES string of the molecule is Cc1cc(C)c(B2c3cccc4c3N3c5c(cccc5B(c5c(C)cc(C)cc5C)c5c3c2nc2c3c6c(nc52)B(c2c(C)cc(C)cc2C)c2cccc5c2N6c2c(cccc2B3c2c(C)cc(C)cc2C)[Se]5)[Se]4)c(C)c1. The van der Waals surface area contributed by atoms with Gasteiger partial charge in [-0.05, 0) is 0 Å². The van der Waals surface area contributed by atoms with Crippen molar-refractivity contribution in [1.82, 2.24) is 9.97 Å². The van der Waals surface area contributed by atoms with Crippen molar-refractivity contribution in [3.05, 3.63) is 188 Å². The van der Waals surface area contributed by atoms with Gasteiger partial charge in [0.15, 0.2) is 0 Å². The molecule has 6 aliphatic rings. The predicted molar refractivity (Wildman–Crippen MR) is 340 cm³/mol. The van der Waals surface area contributed by atoms with E-state index in [4.69, 9.17) is 9.97 Å². The van der Waals surface area contributed by atoms with Crippen LogP contribution in [0.15, 0.2) is 121 Å². The second-order valence-corrected chi connectivity index (χ2v) is 28.4. The fraction of sp³-hybridized carbons (Fsp3) is 0.176. The van der Waals surface area contributed by atoms with Gasteiger partial charge in [-0.1, -0.05) is 0 Å². The first-order valence-corrected chi connectivity index (χ1v) is 31.3. The Bertz CT molecular complexity index is 4080. The van der Waals surface area contributed by atoms with Crippen molar-refractivity contribution in [2.45, 2.75) is 83.1 Å². The molecule has 0 amide bonds. The van der Waals surface area contributed by atoms with Gasteiger partial charge in [-0.25, -0.2) is 0 Å². The van der Waals surface area contributed by atoms with Gasteiger partial charge in [0.1, 0.15) is 0 Å². The summed E-state index contributed by atoms with van der Waals surface area (Å²) in [5, 5.41) is 0. The molecule has 0 fully saturated rings. The molecule has 0 saturated heterocycles. The number of pyridine rings is 2. The maximum atomic E-state index is 6.57. The zero-order valence-corrected chi connectivity index (χ0v) is 49.9. The molecule has 0 aliphatic carbocycles. The first kappa shape index (κ1) is 47.2. The minimum absolute atomic E-state index is 0.0972. The van der Waals surface area contributed by atoms with E-state index in [9.17, 15) is 0 Å². The van der Waals surface area contributed by atoms with E-state index in [1.807, 2.05) is 0 Å². The van der Waals surface area contributed by atoms with Gasteiger partial charge in [0.25, 0.3) is 0 Å². The van der Waals surface area contributed by atoms with Gasteiger partial charge in [0.2, 0.25) is 0 Å². The van der Waals surface area contributed by atoms with Crippen LogP contribution in [0.4, 0.5) is 34.1 Å². The number of hydrogen-bond acceptors (Lipinski definition) is 4. The molecule has 78 heavy (non-hydrogen) atoms. The molecule has 0 unspecified atom stereocenters. The Kier molecular flexibility index (Phi) is 9.93. The normalized spacial score (nSPS) is 14.4. The van der Waals surface area contributed by atoms with Crippen molar-refractivity contribution in [3.8, 4) is 0 Å². The van der Waals surface area contributed by atoms with Crippen LogP contribution in [0.2, 0.25) is 0 Å². The van der Waals surface area contributed by atoms with Gasteiger partial charge in [0.05, 0.1) is 0 Å². The van der Waals surface area contributed by atoms with Crippen molar-refractivity contribution < 1.29 is 0 Å². The fourth-order valence-electron chi connectivity index (χ4n) is 16.4. The van der Waals surface area contributed by atoms with Crippen LogP contribution in [0.3, 0.4) is 0 Å². The van der Waals surface area contributed by atoms with Gasteiger partial charge in [-0.15, -0.1) is 0 Å². The van der Waals surface area contributed by atoms with Crippen LogP contribution in [0.1, 0.15) is 66.8 Å². The summed E-state index contributed by atoms with van der Waals surface area (Å²) in [4.78, 5) is 18.6. The van der Waals surface area contributed by atoms with Crippen LogP contribution in [-0.2, 0) is 0 Å². The van der Waals surface area contributed by atoms with Crippen LogP contribution < -0.4 is 93.5 Å². The summed E-state index contributed by atoms with van der Waals surface area (Å²) in [6.07, 6.45) is 0. The van der Waals surface area contributed by atoms with Crippen molar-refractivity contribution in [3.63, 3.8) is 0 Å². The monoisotopic (exact) mass is 1130 g/mol. The summed E-state index contributed by atoms with van der Waals surface area (Å²) in [5.74, 6) is 0. The van der Waals surface area contributed by atoms with Crippen LogP contribution in [0.25, 0.3) is 11.0 Å². The Labute approximate surface area is 473 Å². The molecule has 0 atom stereocenters. The number of fused-ring (bicyclic) bond motifs is 3. The number of anilines is 6. The van der Waals surface area contributed by atoms with Gasteiger partial charge >= 0.3 is 477 Å². The molecule has 2 aromatic heterocycles. The van der Waals surface area contributed by atoms with Crippen LogP contribution in [0, 0.1) is 83.1 Å². The fourth-order valence-corrected chi connectivity index (χ4v) is 21.2. The molecule has 8 aromatic carbocycles. The third-order valence-electron chi connectivity index (χ3n) is 18.6. The van der Waals surface area contributed by atoms with E-state index in [0.717, 1.165) is 22.2 Å². The third kappa shape index (κ3) is 6.13. The van der Waals surface area contributed by atoms with Crippen molar-refractivity contribution in [2.75, 3.05) is 9.80 Å². The van der Waals surface area contributed by atoms with Gasteiger partial charge in [-0.2, -0.15) is 0 Å². The molecule has 16 rings (SSSR count). The number of benzene rings is 8. The molecule has 10 aromatic rings. The van der Waals surface area contributed by atoms with E-state index in [1.165, 1.54) is 173 Å². The maximum absolute atomic E-state index is 6.57. The topological polar surface area (TPSA) is 32.3 Å². The Morgan fingerprint density at radius 3 is 0.808 bits per heavy atom. The molecular formula is C68H56B4N4Se2. The number of para-hydroxylation sites is 4. The standard InChI is InChI=1S/C68H56B4N4Se2/c1-33-25-37(5)53(38(6)26-33)69-45-17-13-21-49-61(45)75-63-47(19-15-23-51(63)77-49)71(55-41(9)29-35(3)30-42(55)10)67-65(75)57(69)59-60(74-67)58-66-68(73-59)72(56-43(11)31-36(4)32-44(56)12)48-20-16-24-52-64(48)76(66)62-46(18-14-22-50(62)78-52)70(58)54-39(7)27-34(2)28-40(54)8/h13-32H,1-12H3. The average Bonchev–Trinajstić information content (AvgIpc) is 2.84. The van der Waals surface area contributed by atoms with E-state index in [1.54, 1.807) is 0 Å². The Morgan fingerprint density at radius 1 is 0.295 bits per heavy atom. The number of hydrogen-bond donors (Lipinski definition) is 0. The Hall–Kier alpha value is -6.78. The number of aryl methyl sites for hydroxylation is 12. The van der Waals surface area contributed by atoms with E-state index in [-0.39, 0.29) is 56.8 Å². The average molecular weight is 1130 g/mol. The molecule has 0 N–H and O–H groups in total. The van der Waals surface area contributed by atoms with Crippen LogP contribution >= 0.6 is 0 Å². The zero-order chi connectivity index (χ0) is 53.2. The van der Waals surface area contributed by atoms with Crippen LogP contribution in [-0.4, -0.2) is 66.7 Å². The summed E-state index contributed by atoms with van der Waals surface area (Å²) in [6, 6.07) is 48.3. The first-order valence-electron chi connectivity index (χ1n) is 27.9. The molecule has 0 radical (unpaired) electrons. The van der Waals surface area contributed by atoms with Gasteiger partial charge in [0, 0.05) is 0 Å². The summed E-state index contributed by atoms with van der Waals surface area (Å²) in [7, 11) is 0. The van der Waals surface area contributed by atoms with E-state index in [2.05, 4.69) is 214 Å². The van der Waals surface area contributed by atoms with E-state index in [0.29, 0.717) is 0 Å². The van der Waals surface area contributed by atoms with E-state index < -0.39 is 0 Å². The molecular weight excluding hydrogens is 1070 g/mol. The van der Waals surface area contributed by atoms with E-state index >= 15 is 0 Å². The van der Waals surface area contributed by atoms with Crippen molar-refractivity contribution >= 4 is 186 Å². The zero-order valence-electron chi connectivity index (χ0n) is 46.5. The quantitative estimate of drug-likeness (QED) is 0.253. The molecule has 10 heteroatoms. The minimum atomic E-state index is -0.110. The van der Waals surface area contributed by atoms with Crippen molar-refractivity contribution in [1.29, 1.82) is 0 Å². The summed E-state index contributed by atoms with van der Waals surface area (Å²) < 4.78 is 5.74. The van der Waals surface area contributed by atoms with Crippen LogP contribution in [0.5, 0.6) is 0 Å². The summed E-state index contributed by atoms with van der Waals surface area (Å²) >= 11 is 0.194. The second-order valence-electron chi connectivity index (χ2n) is 23.8. The molecule has 372 valence electrons. The van der Waals surface area contributed by atoms with Gasteiger partial charge < -0.3 is 0 Å². The molecule has 6 aliphatic heterocycles. The number of rotatable bonds is 4. The first-order chi connectivity index (χ1) is 37.7. The summed E-state index contributed by atoms with van der Waals surface area (Å²) in [5.41, 5.74) is 41.6. The third-order valence-corrected chi connectivity index (χ3v) is 23.2. The van der Waals surface area contributed by atoms with Crippen molar-refractivity contribution in [2.24, 2.45) is 0 Å². The molecule has 4 nitrogen and oxygen atoms in total. The molecule has 8 heterocycles. The molecule has 0 spiro atoms. The number of nitrogens with zero attached hydrogens (tertiary/aromatic N) is 4. The second kappa shape index (κ2) is 16.4. The molecule has 0 bridgehead atoms. The van der Waals surface area contributed by atoms with Gasteiger partial charge in [-0.3, -0.25) is 0 Å². The predicted octanol–water partition coefficient (Wildman–Crippen LogP) is 3.53. The summed E-state index contributed by atoms with van der Waals surface area (Å²) in [6.45, 7) is 27.4. The number of aromatic nitrogens is 2.